The maximum Gasteiger partial charge on any atom is 0.310 e. The second-order valence-electron chi connectivity index (χ2n) is 17.1. The minimum Gasteiger partial charge on any atom is -0.461 e. The third-order valence-electron chi connectivity index (χ3n) is 10.3. The van der Waals surface area contributed by atoms with Crippen LogP contribution >= 0.6 is 11.8 Å². The first-order valence-electron chi connectivity index (χ1n) is 22.9. The van der Waals surface area contributed by atoms with E-state index in [-0.39, 0.29) is 37.4 Å². The van der Waals surface area contributed by atoms with Gasteiger partial charge in [-0.3, -0.25) is 19.2 Å². The van der Waals surface area contributed by atoms with E-state index in [0.717, 1.165) is 88.2 Å². The molecule has 0 aromatic rings. The molecule has 0 aliphatic carbocycles. The molecule has 3 unspecified atom stereocenters. The van der Waals surface area contributed by atoms with E-state index in [4.69, 9.17) is 9.47 Å². The van der Waals surface area contributed by atoms with Crippen molar-refractivity contribution in [3.63, 3.8) is 0 Å². The zero-order valence-electron chi connectivity index (χ0n) is 39.3. The number of rotatable bonds is 36. The molecule has 340 valence electrons. The molecular formula is C49H87N3O6S. The van der Waals surface area contributed by atoms with Gasteiger partial charge in [-0.25, -0.2) is 0 Å². The van der Waals surface area contributed by atoms with Gasteiger partial charge in [0.1, 0.15) is 19.3 Å². The maximum absolute atomic E-state index is 13.8. The smallest absolute Gasteiger partial charge is 0.310 e. The lowest BCUT2D eigenvalue weighted by atomic mass is 9.93. The molecule has 0 saturated heterocycles. The van der Waals surface area contributed by atoms with E-state index >= 15 is 0 Å². The number of hydrogen-bond donors (Lipinski definition) is 2. The van der Waals surface area contributed by atoms with Crippen LogP contribution in [0.3, 0.4) is 0 Å². The van der Waals surface area contributed by atoms with Gasteiger partial charge in [-0.2, -0.15) is 11.8 Å². The first-order valence-corrected chi connectivity index (χ1v) is 24.1. The molecule has 0 radical (unpaired) electrons. The topological polar surface area (TPSA) is 114 Å². The van der Waals surface area contributed by atoms with Gasteiger partial charge in [-0.1, -0.05) is 113 Å². The lowest BCUT2D eigenvalue weighted by Crippen LogP contribution is -2.49. The molecule has 0 fully saturated rings. The minimum atomic E-state index is -0.707. The lowest BCUT2D eigenvalue weighted by molar-refractivity contribution is -0.153. The number of nitrogens with one attached hydrogen (secondary N) is 2. The normalized spacial score (nSPS) is 13.3. The fraction of sp³-hybridized carbons (Fsp3) is 0.755. The van der Waals surface area contributed by atoms with E-state index in [1.54, 1.807) is 0 Å². The van der Waals surface area contributed by atoms with Crippen LogP contribution in [-0.4, -0.2) is 86.6 Å². The average Bonchev–Trinajstić information content (AvgIpc) is 3.16. The van der Waals surface area contributed by atoms with Crippen LogP contribution in [0, 0.1) is 11.8 Å². The van der Waals surface area contributed by atoms with E-state index in [1.807, 2.05) is 45.0 Å². The summed E-state index contributed by atoms with van der Waals surface area (Å²) < 4.78 is 11.2. The van der Waals surface area contributed by atoms with Gasteiger partial charge in [0.15, 0.2) is 0 Å². The van der Waals surface area contributed by atoms with Gasteiger partial charge in [0.05, 0.1) is 12.3 Å². The Hall–Kier alpha value is -2.85. The summed E-state index contributed by atoms with van der Waals surface area (Å²) in [5.41, 5.74) is 4.83. The molecule has 0 aromatic carbocycles. The molecule has 59 heavy (non-hydrogen) atoms. The van der Waals surface area contributed by atoms with Crippen molar-refractivity contribution in [3.8, 4) is 0 Å². The summed E-state index contributed by atoms with van der Waals surface area (Å²) in [6, 6.07) is -0.693. The van der Waals surface area contributed by atoms with Crippen LogP contribution in [0.1, 0.15) is 171 Å². The molecule has 0 saturated carbocycles. The monoisotopic (exact) mass is 846 g/mol. The van der Waals surface area contributed by atoms with Crippen molar-refractivity contribution in [3.05, 3.63) is 46.6 Å². The molecule has 0 bridgehead atoms. The van der Waals surface area contributed by atoms with E-state index < -0.39 is 23.9 Å². The number of allylic oxidation sites excluding steroid dienone is 6. The van der Waals surface area contributed by atoms with Crippen molar-refractivity contribution in [2.45, 2.75) is 177 Å². The van der Waals surface area contributed by atoms with Crippen molar-refractivity contribution in [1.82, 2.24) is 15.5 Å². The van der Waals surface area contributed by atoms with Crippen molar-refractivity contribution < 1.29 is 28.7 Å². The largest absolute Gasteiger partial charge is 0.461 e. The number of amides is 2. The molecule has 0 aliphatic rings. The van der Waals surface area contributed by atoms with E-state index in [1.165, 1.54) is 48.6 Å². The molecular weight excluding hydrogens is 759 g/mol. The number of hydrogen-bond acceptors (Lipinski definition) is 8. The third-order valence-corrected chi connectivity index (χ3v) is 11.5. The summed E-state index contributed by atoms with van der Waals surface area (Å²) in [5, 5.41) is 6.17. The number of esters is 2. The predicted octanol–water partition coefficient (Wildman–Crippen LogP) is 11.1. The molecule has 3 atom stereocenters. The summed E-state index contributed by atoms with van der Waals surface area (Å²) in [7, 11) is 3.91. The third kappa shape index (κ3) is 33.5. The van der Waals surface area contributed by atoms with E-state index in [2.05, 4.69) is 64.3 Å². The number of likely N-dealkylation sites (N-methyl/N-ethyl adjacent to an activating group) is 1. The highest BCUT2D eigenvalue weighted by Gasteiger charge is 2.27. The SMILES string of the molecule is CCCCCCCCC(CCCCCC)C(=O)NC(CCSCC(CC(=O)OC/C=C(\C)CCC=C(C)C)C(=O)OC/C=C(\C)CCC=C(C)C)C(=O)NCCN(C)C. The molecule has 2 N–H and O–H groups in total. The van der Waals surface area contributed by atoms with Crippen LogP contribution in [0.4, 0.5) is 0 Å². The standard InChI is InChI=1S/C49H87N3O6S/c1-11-13-15-17-18-20-28-43(27-19-16-14-12-2)47(54)51-45(48(55)50-32-33-52(9)10)31-36-59-38-44(49(56)58-35-30-42(8)26-22-24-40(5)6)37-46(53)57-34-29-41(7)25-21-23-39(3)4/h23-24,29-30,43-45H,11-22,25-28,31-38H2,1-10H3,(H,50,55)(H,51,54)/b41-29+,42-30+. The zero-order chi connectivity index (χ0) is 44.3. The molecule has 0 spiro atoms. The number of carbonyl (C=O) groups excluding carboxylic acids is 4. The Bertz CT molecular complexity index is 1280. The van der Waals surface area contributed by atoms with E-state index in [9.17, 15) is 19.2 Å². The van der Waals surface area contributed by atoms with Crippen LogP contribution in [0.15, 0.2) is 46.6 Å². The predicted molar refractivity (Wildman–Crippen MR) is 251 cm³/mol. The van der Waals surface area contributed by atoms with Gasteiger partial charge in [0.2, 0.25) is 11.8 Å². The molecule has 10 heteroatoms. The van der Waals surface area contributed by atoms with Crippen LogP contribution < -0.4 is 10.6 Å². The number of unbranched alkanes of at least 4 members (excludes halogenated alkanes) is 8. The fourth-order valence-electron chi connectivity index (χ4n) is 6.42. The lowest BCUT2D eigenvalue weighted by Gasteiger charge is -2.23. The van der Waals surface area contributed by atoms with Crippen molar-refractivity contribution in [1.29, 1.82) is 0 Å². The second-order valence-corrected chi connectivity index (χ2v) is 18.2. The Morgan fingerprint density at radius 3 is 1.71 bits per heavy atom. The highest BCUT2D eigenvalue weighted by molar-refractivity contribution is 7.99. The summed E-state index contributed by atoms with van der Waals surface area (Å²) in [4.78, 5) is 55.8. The Morgan fingerprint density at radius 2 is 1.17 bits per heavy atom. The van der Waals surface area contributed by atoms with Crippen LogP contribution in [0.5, 0.6) is 0 Å². The van der Waals surface area contributed by atoms with Gasteiger partial charge in [-0.05, 0) is 118 Å². The van der Waals surface area contributed by atoms with Gasteiger partial charge in [0.25, 0.3) is 0 Å². The summed E-state index contributed by atoms with van der Waals surface area (Å²) in [6.07, 6.45) is 25.3. The number of ether oxygens (including phenoxy) is 2. The van der Waals surface area contributed by atoms with Gasteiger partial charge < -0.3 is 25.0 Å². The molecule has 9 nitrogen and oxygen atoms in total. The van der Waals surface area contributed by atoms with Crippen molar-refractivity contribution in [2.75, 3.05) is 51.9 Å². The highest BCUT2D eigenvalue weighted by Crippen LogP contribution is 2.21. The molecule has 0 aromatic heterocycles. The Labute approximate surface area is 365 Å². The second kappa shape index (κ2) is 37.0. The molecule has 0 aliphatic heterocycles. The number of nitrogens with zero attached hydrogens (tertiary/aromatic N) is 1. The average molecular weight is 846 g/mol. The number of thioether (sulfide) groups is 1. The summed E-state index contributed by atoms with van der Waals surface area (Å²) >= 11 is 1.49. The van der Waals surface area contributed by atoms with E-state index in [0.29, 0.717) is 31.0 Å². The van der Waals surface area contributed by atoms with Crippen LogP contribution in [0.25, 0.3) is 0 Å². The van der Waals surface area contributed by atoms with Crippen molar-refractivity contribution in [2.24, 2.45) is 11.8 Å². The summed E-state index contributed by atoms with van der Waals surface area (Å²) in [6.45, 7) is 18.2. The van der Waals surface area contributed by atoms with Crippen LogP contribution in [-0.2, 0) is 28.7 Å². The number of carbonyl (C=O) groups is 4. The zero-order valence-corrected chi connectivity index (χ0v) is 40.1. The first-order chi connectivity index (χ1) is 28.2. The Balaban J connectivity index is 5.79. The van der Waals surface area contributed by atoms with Gasteiger partial charge in [-0.15, -0.1) is 0 Å². The van der Waals surface area contributed by atoms with Gasteiger partial charge in [0, 0.05) is 24.8 Å². The molecule has 0 rings (SSSR count). The van der Waals surface area contributed by atoms with Crippen LogP contribution in [0.2, 0.25) is 0 Å². The summed E-state index contributed by atoms with van der Waals surface area (Å²) in [5.74, 6) is -1.10. The Kier molecular flexibility index (Phi) is 35.2. The quantitative estimate of drug-likeness (QED) is 0.0364. The minimum absolute atomic E-state index is 0.0394. The van der Waals surface area contributed by atoms with Gasteiger partial charge >= 0.3 is 11.9 Å². The Morgan fingerprint density at radius 1 is 0.644 bits per heavy atom. The first kappa shape index (κ1) is 56.1. The molecule has 0 heterocycles. The fourth-order valence-corrected chi connectivity index (χ4v) is 7.53. The highest BCUT2D eigenvalue weighted by atomic mass is 32.2. The molecule has 2 amide bonds. The maximum atomic E-state index is 13.8. The van der Waals surface area contributed by atoms with Crippen molar-refractivity contribution >= 4 is 35.5 Å².